The van der Waals surface area contributed by atoms with E-state index in [2.05, 4.69) is 0 Å². The van der Waals surface area contributed by atoms with Gasteiger partial charge in [0.2, 0.25) is 0 Å². The monoisotopic (exact) mass is 670 g/mol. The van der Waals surface area contributed by atoms with Crippen molar-refractivity contribution < 1.29 is 30.5 Å². The van der Waals surface area contributed by atoms with Gasteiger partial charge in [0.25, 0.3) is 0 Å². The molecule has 0 radical (unpaired) electrons. The van der Waals surface area contributed by atoms with E-state index >= 15 is 0 Å². The van der Waals surface area contributed by atoms with E-state index in [1.54, 1.807) is 60.7 Å². The number of nitrogens with zero attached hydrogens (tertiary/aromatic N) is 3. The number of hydrogen-bond donors (Lipinski definition) is 0. The smallest absolute Gasteiger partial charge is 0.164 e. The van der Waals surface area contributed by atoms with Crippen molar-refractivity contribution in [1.82, 2.24) is 15.0 Å². The average molecular weight is 671 g/mol. The van der Waals surface area contributed by atoms with Crippen molar-refractivity contribution in [3.8, 4) is 56.4 Å². The fraction of sp³-hybridized carbons (Fsp3) is 0. The summed E-state index contributed by atoms with van der Waals surface area (Å²) in [4.78, 5) is 14.1. The van der Waals surface area contributed by atoms with Gasteiger partial charge in [-0.2, -0.15) is 0 Å². The van der Waals surface area contributed by atoms with Crippen LogP contribution in [0.5, 0.6) is 0 Å². The molecular weight excluding hydrogens is 623 g/mol. The first-order chi connectivity index (χ1) is 33.2. The van der Waals surface area contributed by atoms with Crippen molar-refractivity contribution >= 4 is 43.5 Å². The summed E-state index contributed by atoms with van der Waals surface area (Å²) in [7, 11) is 0. The maximum absolute atomic E-state index is 9.95. The summed E-state index contributed by atoms with van der Waals surface area (Å²) in [6.45, 7) is 0. The highest BCUT2D eigenvalue weighted by Crippen LogP contribution is 2.41. The molecule has 0 bridgehead atoms. The lowest BCUT2D eigenvalue weighted by molar-refractivity contribution is 0.670. The van der Waals surface area contributed by atoms with Gasteiger partial charge in [-0.1, -0.05) is 151 Å². The number of aromatic nitrogens is 3. The molecule has 4 nitrogen and oxygen atoms in total. The zero-order valence-corrected chi connectivity index (χ0v) is 26.0. The van der Waals surface area contributed by atoms with Crippen LogP contribution in [-0.2, 0) is 0 Å². The van der Waals surface area contributed by atoms with Crippen molar-refractivity contribution in [3.63, 3.8) is 0 Å². The number of benzene rings is 8. The first-order valence-electron chi connectivity index (χ1n) is 25.1. The Bertz CT molecular complexity index is 3900. The summed E-state index contributed by atoms with van der Waals surface area (Å²) >= 11 is 0. The third kappa shape index (κ3) is 5.13. The molecule has 0 aliphatic heterocycles. The molecule has 8 aromatic carbocycles. The van der Waals surface area contributed by atoms with Crippen LogP contribution in [0.2, 0.25) is 0 Å². The van der Waals surface area contributed by atoms with Crippen LogP contribution < -0.4 is 0 Å². The van der Waals surface area contributed by atoms with Gasteiger partial charge in [0, 0.05) is 33.0 Å². The van der Waals surface area contributed by atoms with E-state index in [4.69, 9.17) is 34.4 Å². The Kier molecular flexibility index (Phi) is 3.68. The van der Waals surface area contributed by atoms with E-state index in [9.17, 15) is 11.0 Å². The van der Waals surface area contributed by atoms with Crippen LogP contribution >= 0.6 is 0 Å². The molecule has 238 valence electrons. The predicted octanol–water partition coefficient (Wildman–Crippen LogP) is 12.4. The third-order valence-corrected chi connectivity index (χ3v) is 8.17. The van der Waals surface area contributed by atoms with Gasteiger partial charge in [-0.25, -0.2) is 15.0 Å². The Hall–Kier alpha value is -6.91. The summed E-state index contributed by atoms with van der Waals surface area (Å²) in [5.41, 5.74) is -2.84. The van der Waals surface area contributed by atoms with Gasteiger partial charge < -0.3 is 4.42 Å². The van der Waals surface area contributed by atoms with Gasteiger partial charge in [-0.3, -0.25) is 0 Å². The molecule has 0 aliphatic carbocycles. The van der Waals surface area contributed by atoms with E-state index in [1.807, 2.05) is 0 Å². The second-order valence-electron chi connectivity index (χ2n) is 11.3. The summed E-state index contributed by atoms with van der Waals surface area (Å²) in [6, 6.07) is 3.07. The molecule has 2 aromatic heterocycles. The minimum absolute atomic E-state index is 0.0935. The summed E-state index contributed by atoms with van der Waals surface area (Å²) in [5, 5.41) is -2.44. The van der Waals surface area contributed by atoms with E-state index in [-0.39, 0.29) is 33.6 Å². The lowest BCUT2D eigenvalue weighted by atomic mass is 9.94. The summed E-state index contributed by atoms with van der Waals surface area (Å²) < 4.78 is 177. The third-order valence-electron chi connectivity index (χ3n) is 8.17. The van der Waals surface area contributed by atoms with Crippen LogP contribution in [0.3, 0.4) is 0 Å². The second-order valence-corrected chi connectivity index (χ2v) is 11.3. The van der Waals surface area contributed by atoms with Gasteiger partial charge in [-0.15, -0.1) is 0 Å². The molecule has 0 N–H and O–H groups in total. The SMILES string of the molecule is [2H]c1c([2H])c(-c2c([2H])c([2H])c([2H])c3c([2H])c([2H])c([2H])c([2H])c23)c([2H])c([2H])c1-c1c([2H])c(-c2nc(-c3ccccc3)nc(-c3ccccc3)n2)c([2H])c2c1oc1c([2H])c3c([2H])c([2H])c([2H])c([2H])c3c([2H])c12. The van der Waals surface area contributed by atoms with Crippen LogP contribution in [0.25, 0.3) is 99.9 Å². The van der Waals surface area contributed by atoms with Gasteiger partial charge >= 0.3 is 0 Å². The molecule has 10 rings (SSSR count). The van der Waals surface area contributed by atoms with Gasteiger partial charge in [0.05, 0.1) is 26.0 Å². The molecule has 0 spiro atoms. The highest BCUT2D eigenvalue weighted by molar-refractivity contribution is 6.14. The topological polar surface area (TPSA) is 51.8 Å². The summed E-state index contributed by atoms with van der Waals surface area (Å²) in [6.07, 6.45) is 0. The Morgan fingerprint density at radius 2 is 0.941 bits per heavy atom. The van der Waals surface area contributed by atoms with E-state index in [1.165, 1.54) is 0 Å². The fourth-order valence-electron chi connectivity index (χ4n) is 5.78. The Morgan fingerprint density at radius 3 is 1.61 bits per heavy atom. The average Bonchev–Trinajstić information content (AvgIpc) is 3.77. The number of rotatable bonds is 5. The minimum Gasteiger partial charge on any atom is -0.455 e. The van der Waals surface area contributed by atoms with Crippen LogP contribution in [0.1, 0.15) is 26.0 Å². The first kappa shape index (κ1) is 15.8. The zero-order valence-electron chi connectivity index (χ0n) is 45.0. The van der Waals surface area contributed by atoms with Crippen molar-refractivity contribution in [1.29, 1.82) is 0 Å². The van der Waals surface area contributed by atoms with Crippen LogP contribution in [0, 0.1) is 0 Å². The van der Waals surface area contributed by atoms with Crippen molar-refractivity contribution in [2.45, 2.75) is 0 Å². The number of fused-ring (bicyclic) bond motifs is 5. The van der Waals surface area contributed by atoms with Gasteiger partial charge in [0.15, 0.2) is 17.5 Å². The largest absolute Gasteiger partial charge is 0.455 e. The molecular formula is C47H29N3O. The highest BCUT2D eigenvalue weighted by Gasteiger charge is 2.19. The lowest BCUT2D eigenvalue weighted by Crippen LogP contribution is -2.00. The normalized spacial score (nSPS) is 16.7. The van der Waals surface area contributed by atoms with Crippen LogP contribution in [0.15, 0.2) is 180 Å². The quantitative estimate of drug-likeness (QED) is 0.183. The van der Waals surface area contributed by atoms with Gasteiger partial charge in [-0.05, 0) is 62.4 Å². The Morgan fingerprint density at radius 1 is 0.392 bits per heavy atom. The molecule has 0 saturated heterocycles. The molecule has 0 aliphatic rings. The van der Waals surface area contributed by atoms with E-state index in [0.717, 1.165) is 0 Å². The number of hydrogen-bond acceptors (Lipinski definition) is 4. The standard InChI is InChI=1S/C47H29N3O/c1-3-13-33(14-4-1)45-48-46(34-15-5-2-6-16-34)50-47(49-45)37-27-40(44-42(28-37)41-26-35-17-7-8-18-36(35)29-43(41)51-44)32-24-22-31(23-25-32)39-21-11-19-30-12-9-10-20-38(30)39/h1-29H/i7D,8D,9D,10D,11D,12D,17D,18D,19D,20D,21D,22D,23D,24D,25D,26D,27D,28D,29D. The Balaban J connectivity index is 1.40. The van der Waals surface area contributed by atoms with E-state index in [0.29, 0.717) is 11.1 Å². The zero-order chi connectivity index (χ0) is 50.3. The van der Waals surface area contributed by atoms with Crippen LogP contribution in [-0.4, -0.2) is 15.0 Å². The molecule has 0 atom stereocenters. The van der Waals surface area contributed by atoms with Crippen molar-refractivity contribution in [2.24, 2.45) is 0 Å². The summed E-state index contributed by atoms with van der Waals surface area (Å²) in [5.74, 6) is -0.114. The molecule has 4 heteroatoms. The maximum atomic E-state index is 9.95. The number of furan rings is 1. The highest BCUT2D eigenvalue weighted by atomic mass is 16.3. The van der Waals surface area contributed by atoms with Crippen molar-refractivity contribution in [3.05, 3.63) is 175 Å². The Labute approximate surface area is 321 Å². The molecule has 0 amide bonds. The fourth-order valence-corrected chi connectivity index (χ4v) is 5.78. The first-order valence-corrected chi connectivity index (χ1v) is 15.6. The maximum Gasteiger partial charge on any atom is 0.164 e. The predicted molar refractivity (Wildman–Crippen MR) is 209 cm³/mol. The lowest BCUT2D eigenvalue weighted by Gasteiger charge is -2.11. The molecule has 10 aromatic rings. The minimum atomic E-state index is -0.912. The van der Waals surface area contributed by atoms with Crippen LogP contribution in [0.4, 0.5) is 0 Å². The molecule has 0 saturated carbocycles. The van der Waals surface area contributed by atoms with Gasteiger partial charge in [0.1, 0.15) is 11.2 Å². The van der Waals surface area contributed by atoms with E-state index < -0.39 is 170 Å². The molecule has 0 fully saturated rings. The second kappa shape index (κ2) is 11.9. The van der Waals surface area contributed by atoms with Crippen molar-refractivity contribution in [2.75, 3.05) is 0 Å². The molecule has 0 unspecified atom stereocenters. The molecule has 51 heavy (non-hydrogen) atoms. The molecule has 2 heterocycles.